The molecule has 5 heteroatoms. The van der Waals surface area contributed by atoms with Crippen LogP contribution in [0.1, 0.15) is 50.8 Å². The Morgan fingerprint density at radius 1 is 1.25 bits per heavy atom. The van der Waals surface area contributed by atoms with Crippen LogP contribution >= 0.6 is 0 Å². The summed E-state index contributed by atoms with van der Waals surface area (Å²) in [5.74, 6) is -0.0257. The highest BCUT2D eigenvalue weighted by molar-refractivity contribution is 5.49. The molecule has 0 radical (unpaired) electrons. The molecule has 1 aliphatic rings. The number of aromatic hydroxyl groups is 2. The normalized spacial score (nSPS) is 19.5. The summed E-state index contributed by atoms with van der Waals surface area (Å²) >= 11 is 0. The number of aromatic nitrogens is 2. The molecule has 1 atom stereocenters. The quantitative estimate of drug-likeness (QED) is 0.847. The third kappa shape index (κ3) is 3.56. The largest absolute Gasteiger partial charge is 0.504 e. The van der Waals surface area contributed by atoms with Crippen molar-refractivity contribution in [1.82, 2.24) is 14.7 Å². The molecule has 0 amide bonds. The van der Waals surface area contributed by atoms with E-state index in [0.717, 1.165) is 37.1 Å². The average molecular weight is 329 g/mol. The lowest BCUT2D eigenvalue weighted by atomic mass is 9.85. The molecule has 3 rings (SSSR count). The van der Waals surface area contributed by atoms with E-state index in [1.54, 1.807) is 6.07 Å². The molecule has 1 aliphatic heterocycles. The molecule has 1 saturated heterocycles. The van der Waals surface area contributed by atoms with Gasteiger partial charge in [-0.2, -0.15) is 5.10 Å². The van der Waals surface area contributed by atoms with Gasteiger partial charge in [-0.05, 0) is 42.5 Å². The van der Waals surface area contributed by atoms with Crippen LogP contribution in [0.5, 0.6) is 11.5 Å². The van der Waals surface area contributed by atoms with Gasteiger partial charge in [-0.25, -0.2) is 0 Å². The van der Waals surface area contributed by atoms with E-state index in [4.69, 9.17) is 0 Å². The van der Waals surface area contributed by atoms with Crippen LogP contribution in [0.3, 0.4) is 0 Å². The molecule has 1 fully saturated rings. The van der Waals surface area contributed by atoms with Crippen LogP contribution in [0.2, 0.25) is 0 Å². The Hall–Kier alpha value is -2.01. The number of benzene rings is 1. The molecule has 0 aliphatic carbocycles. The Kier molecular flexibility index (Phi) is 4.54. The van der Waals surface area contributed by atoms with E-state index in [2.05, 4.69) is 30.8 Å². The first-order valence-electron chi connectivity index (χ1n) is 8.61. The zero-order valence-corrected chi connectivity index (χ0v) is 14.7. The van der Waals surface area contributed by atoms with Crippen molar-refractivity contribution in [1.29, 1.82) is 0 Å². The van der Waals surface area contributed by atoms with Crippen molar-refractivity contribution in [3.8, 4) is 11.5 Å². The van der Waals surface area contributed by atoms with E-state index in [1.807, 2.05) is 29.2 Å². The Bertz CT molecular complexity index is 689. The molecule has 24 heavy (non-hydrogen) atoms. The number of likely N-dealkylation sites (tertiary alicyclic amines) is 1. The Morgan fingerprint density at radius 3 is 2.71 bits per heavy atom. The van der Waals surface area contributed by atoms with Gasteiger partial charge in [-0.1, -0.05) is 26.8 Å². The highest BCUT2D eigenvalue weighted by atomic mass is 16.3. The second kappa shape index (κ2) is 6.48. The fourth-order valence-corrected chi connectivity index (χ4v) is 3.36. The lowest BCUT2D eigenvalue weighted by molar-refractivity contribution is 0.161. The van der Waals surface area contributed by atoms with Gasteiger partial charge in [0.25, 0.3) is 0 Å². The van der Waals surface area contributed by atoms with E-state index in [0.29, 0.717) is 12.6 Å². The summed E-state index contributed by atoms with van der Waals surface area (Å²) in [6, 6.07) is 6.01. The summed E-state index contributed by atoms with van der Waals surface area (Å²) in [6.45, 7) is 8.87. The van der Waals surface area contributed by atoms with Crippen molar-refractivity contribution >= 4 is 0 Å². The van der Waals surface area contributed by atoms with E-state index in [-0.39, 0.29) is 16.9 Å². The van der Waals surface area contributed by atoms with Gasteiger partial charge in [-0.15, -0.1) is 0 Å². The monoisotopic (exact) mass is 329 g/mol. The minimum Gasteiger partial charge on any atom is -0.504 e. The predicted octanol–water partition coefficient (Wildman–Crippen LogP) is 3.43. The van der Waals surface area contributed by atoms with Crippen molar-refractivity contribution in [3.05, 3.63) is 41.7 Å². The molecule has 2 heterocycles. The van der Waals surface area contributed by atoms with Crippen molar-refractivity contribution in [3.63, 3.8) is 0 Å². The van der Waals surface area contributed by atoms with Crippen LogP contribution < -0.4 is 0 Å². The number of phenolic OH excluding ortho intramolecular Hbond substituents is 2. The smallest absolute Gasteiger partial charge is 0.162 e. The summed E-state index contributed by atoms with van der Waals surface area (Å²) in [5, 5.41) is 24.7. The molecule has 2 aromatic rings. The van der Waals surface area contributed by atoms with Gasteiger partial charge < -0.3 is 10.2 Å². The predicted molar refractivity (Wildman–Crippen MR) is 94.2 cm³/mol. The second-order valence-electron chi connectivity index (χ2n) is 7.77. The maximum absolute atomic E-state index is 10.3. The van der Waals surface area contributed by atoms with Gasteiger partial charge in [0, 0.05) is 31.0 Å². The van der Waals surface area contributed by atoms with E-state index >= 15 is 0 Å². The van der Waals surface area contributed by atoms with Crippen molar-refractivity contribution < 1.29 is 10.2 Å². The van der Waals surface area contributed by atoms with Crippen LogP contribution in [0.4, 0.5) is 0 Å². The summed E-state index contributed by atoms with van der Waals surface area (Å²) in [5.41, 5.74) is 1.76. The SMILES string of the molecule is CC(C)(C)c1cc(O)c(O)c(CN2CCC[C@@H](n3cccn3)C2)c1. The number of hydrogen-bond donors (Lipinski definition) is 2. The maximum atomic E-state index is 10.3. The molecule has 130 valence electrons. The first-order valence-corrected chi connectivity index (χ1v) is 8.61. The molecule has 0 bridgehead atoms. The number of phenols is 2. The van der Waals surface area contributed by atoms with Gasteiger partial charge in [-0.3, -0.25) is 9.58 Å². The van der Waals surface area contributed by atoms with Gasteiger partial charge in [0.2, 0.25) is 0 Å². The van der Waals surface area contributed by atoms with Crippen LogP contribution in [0.25, 0.3) is 0 Å². The van der Waals surface area contributed by atoms with Crippen LogP contribution in [0, 0.1) is 0 Å². The first-order chi connectivity index (χ1) is 11.3. The minimum absolute atomic E-state index is 0.00390. The molecule has 5 nitrogen and oxygen atoms in total. The zero-order chi connectivity index (χ0) is 17.3. The van der Waals surface area contributed by atoms with E-state index < -0.39 is 0 Å². The highest BCUT2D eigenvalue weighted by Crippen LogP contribution is 2.36. The summed E-state index contributed by atoms with van der Waals surface area (Å²) in [7, 11) is 0. The van der Waals surface area contributed by atoms with Crippen LogP contribution in [-0.4, -0.2) is 38.0 Å². The van der Waals surface area contributed by atoms with E-state index in [1.165, 1.54) is 0 Å². The lowest BCUT2D eigenvalue weighted by Gasteiger charge is -2.33. The molecular formula is C19H27N3O2. The average Bonchev–Trinajstić information content (AvgIpc) is 3.05. The summed E-state index contributed by atoms with van der Waals surface area (Å²) < 4.78 is 2.02. The molecule has 1 aromatic carbocycles. The third-order valence-electron chi connectivity index (χ3n) is 4.81. The van der Waals surface area contributed by atoms with Gasteiger partial charge in [0.05, 0.1) is 6.04 Å². The molecule has 1 aromatic heterocycles. The standard InChI is InChI=1S/C19H27N3O2/c1-19(2,3)15-10-14(18(24)17(23)11-15)12-21-8-4-6-16(13-21)22-9-5-7-20-22/h5,7,9-11,16,23-24H,4,6,8,12-13H2,1-3H3/t16-/m1/s1. The topological polar surface area (TPSA) is 61.5 Å². The molecule has 0 spiro atoms. The van der Waals surface area contributed by atoms with Crippen LogP contribution in [0.15, 0.2) is 30.6 Å². The lowest BCUT2D eigenvalue weighted by Crippen LogP contribution is -2.36. The van der Waals surface area contributed by atoms with E-state index in [9.17, 15) is 10.2 Å². The summed E-state index contributed by atoms with van der Waals surface area (Å²) in [6.07, 6.45) is 6.06. The zero-order valence-electron chi connectivity index (χ0n) is 14.7. The molecule has 0 saturated carbocycles. The van der Waals surface area contributed by atoms with Gasteiger partial charge in [0.1, 0.15) is 0 Å². The van der Waals surface area contributed by atoms with Gasteiger partial charge >= 0.3 is 0 Å². The first kappa shape index (κ1) is 16.8. The second-order valence-corrected chi connectivity index (χ2v) is 7.77. The number of nitrogens with zero attached hydrogens (tertiary/aromatic N) is 3. The molecule has 2 N–H and O–H groups in total. The number of rotatable bonds is 3. The van der Waals surface area contributed by atoms with Crippen molar-refractivity contribution in [2.45, 2.75) is 51.6 Å². The number of hydrogen-bond acceptors (Lipinski definition) is 4. The number of piperidine rings is 1. The summed E-state index contributed by atoms with van der Waals surface area (Å²) in [4.78, 5) is 2.33. The van der Waals surface area contributed by atoms with Crippen molar-refractivity contribution in [2.24, 2.45) is 0 Å². The molecular weight excluding hydrogens is 302 g/mol. The fraction of sp³-hybridized carbons (Fsp3) is 0.526. The fourth-order valence-electron chi connectivity index (χ4n) is 3.36. The Labute approximate surface area is 143 Å². The third-order valence-corrected chi connectivity index (χ3v) is 4.81. The van der Waals surface area contributed by atoms with Crippen LogP contribution in [-0.2, 0) is 12.0 Å². The van der Waals surface area contributed by atoms with Gasteiger partial charge in [0.15, 0.2) is 11.5 Å². The Morgan fingerprint density at radius 2 is 2.04 bits per heavy atom. The molecule has 0 unspecified atom stereocenters. The van der Waals surface area contributed by atoms with Crippen molar-refractivity contribution in [2.75, 3.05) is 13.1 Å². The minimum atomic E-state index is -0.0700. The highest BCUT2D eigenvalue weighted by Gasteiger charge is 2.24. The Balaban J connectivity index is 1.79. The maximum Gasteiger partial charge on any atom is 0.162 e.